The van der Waals surface area contributed by atoms with Crippen molar-refractivity contribution in [2.75, 3.05) is 7.11 Å². The molecule has 0 saturated heterocycles. The van der Waals surface area contributed by atoms with Crippen molar-refractivity contribution in [1.82, 2.24) is 0 Å². The molecule has 0 aliphatic rings. The summed E-state index contributed by atoms with van der Waals surface area (Å²) in [7, 11) is 1.38. The maximum atomic E-state index is 11.1. The van der Waals surface area contributed by atoms with Gasteiger partial charge in [0.2, 0.25) is 0 Å². The molecular formula is C7H7BrO2S. The molecule has 1 aromatic rings. The lowest BCUT2D eigenvalue weighted by molar-refractivity contribution is 0.0599. The van der Waals surface area contributed by atoms with Gasteiger partial charge in [-0.05, 0) is 22.9 Å². The third-order valence-electron chi connectivity index (χ3n) is 1.32. The lowest BCUT2D eigenvalue weighted by atomic mass is 10.3. The molecule has 0 saturated carbocycles. The molecule has 1 heterocycles. The number of esters is 1. The Morgan fingerprint density at radius 3 is 2.73 bits per heavy atom. The average molecular weight is 235 g/mol. The van der Waals surface area contributed by atoms with E-state index in [0.717, 1.165) is 9.35 Å². The third kappa shape index (κ3) is 1.62. The Balaban J connectivity index is 3.10. The summed E-state index contributed by atoms with van der Waals surface area (Å²) in [5, 5.41) is 1.88. The largest absolute Gasteiger partial charge is 0.465 e. The second kappa shape index (κ2) is 3.36. The van der Waals surface area contributed by atoms with Crippen molar-refractivity contribution in [3.8, 4) is 0 Å². The van der Waals surface area contributed by atoms with Crippen LogP contribution in [-0.4, -0.2) is 13.1 Å². The normalized spacial score (nSPS) is 9.73. The molecule has 0 spiro atoms. The summed E-state index contributed by atoms with van der Waals surface area (Å²) in [5.41, 5.74) is 0.637. The van der Waals surface area contributed by atoms with Gasteiger partial charge in [-0.15, -0.1) is 11.3 Å². The maximum Gasteiger partial charge on any atom is 0.340 e. The van der Waals surface area contributed by atoms with E-state index in [1.807, 2.05) is 12.3 Å². The van der Waals surface area contributed by atoms with Crippen molar-refractivity contribution < 1.29 is 9.53 Å². The van der Waals surface area contributed by atoms with Gasteiger partial charge in [0, 0.05) is 14.7 Å². The van der Waals surface area contributed by atoms with Crippen LogP contribution in [0.1, 0.15) is 15.2 Å². The lowest BCUT2D eigenvalue weighted by Gasteiger charge is -1.97. The number of hydrogen-bond acceptors (Lipinski definition) is 3. The molecule has 1 aromatic heterocycles. The fourth-order valence-corrected chi connectivity index (χ4v) is 2.35. The lowest BCUT2D eigenvalue weighted by Crippen LogP contribution is -2.01. The number of methoxy groups -OCH3 is 1. The van der Waals surface area contributed by atoms with E-state index in [1.54, 1.807) is 0 Å². The van der Waals surface area contributed by atoms with Crippen molar-refractivity contribution in [2.24, 2.45) is 0 Å². The molecule has 0 bridgehead atoms. The second-order valence-electron chi connectivity index (χ2n) is 2.01. The van der Waals surface area contributed by atoms with Crippen LogP contribution in [0.25, 0.3) is 0 Å². The molecule has 0 atom stereocenters. The fourth-order valence-electron chi connectivity index (χ4n) is 0.769. The van der Waals surface area contributed by atoms with Crippen LogP contribution in [0.3, 0.4) is 0 Å². The molecule has 0 aromatic carbocycles. The van der Waals surface area contributed by atoms with E-state index in [0.29, 0.717) is 5.56 Å². The predicted octanol–water partition coefficient (Wildman–Crippen LogP) is 2.61. The molecule has 11 heavy (non-hydrogen) atoms. The monoisotopic (exact) mass is 234 g/mol. The Labute approximate surface area is 77.3 Å². The Bertz CT molecular complexity index is 260. The van der Waals surface area contributed by atoms with Gasteiger partial charge in [-0.1, -0.05) is 0 Å². The van der Waals surface area contributed by atoms with E-state index in [-0.39, 0.29) is 5.97 Å². The first-order valence-electron chi connectivity index (χ1n) is 2.98. The summed E-state index contributed by atoms with van der Waals surface area (Å²) >= 11 is 4.80. The molecule has 1 rings (SSSR count). The van der Waals surface area contributed by atoms with Crippen molar-refractivity contribution in [3.05, 3.63) is 20.3 Å². The van der Waals surface area contributed by atoms with Gasteiger partial charge in [-0.25, -0.2) is 4.79 Å². The number of aryl methyl sites for hydroxylation is 1. The predicted molar refractivity (Wildman–Crippen MR) is 48.1 cm³/mol. The van der Waals surface area contributed by atoms with Crippen molar-refractivity contribution in [1.29, 1.82) is 0 Å². The highest BCUT2D eigenvalue weighted by Crippen LogP contribution is 2.26. The molecule has 0 aliphatic carbocycles. The number of halogens is 1. The standard InChI is InChI=1S/C7H7BrO2S/c1-4-6(7(9)10-2)5(8)3-11-4/h3H,1-2H3. The summed E-state index contributed by atoms with van der Waals surface area (Å²) < 4.78 is 5.41. The molecule has 0 N–H and O–H groups in total. The SMILES string of the molecule is COC(=O)c1c(Br)csc1C. The molecular weight excluding hydrogens is 228 g/mol. The quantitative estimate of drug-likeness (QED) is 0.699. The van der Waals surface area contributed by atoms with Gasteiger partial charge in [0.15, 0.2) is 0 Å². The van der Waals surface area contributed by atoms with Crippen LogP contribution in [0.15, 0.2) is 9.85 Å². The molecule has 60 valence electrons. The van der Waals surface area contributed by atoms with Gasteiger partial charge in [-0.2, -0.15) is 0 Å². The highest BCUT2D eigenvalue weighted by Gasteiger charge is 2.14. The summed E-state index contributed by atoms with van der Waals surface area (Å²) in [5.74, 6) is -0.282. The van der Waals surface area contributed by atoms with Crippen molar-refractivity contribution in [2.45, 2.75) is 6.92 Å². The van der Waals surface area contributed by atoms with E-state index in [2.05, 4.69) is 20.7 Å². The number of carbonyl (C=O) groups excluding carboxylic acids is 1. The molecule has 0 amide bonds. The molecule has 0 aliphatic heterocycles. The summed E-state index contributed by atoms with van der Waals surface area (Å²) in [6.07, 6.45) is 0. The Hall–Kier alpha value is -0.350. The third-order valence-corrected chi connectivity index (χ3v) is 3.16. The first kappa shape index (κ1) is 8.74. The van der Waals surface area contributed by atoms with Crippen LogP contribution >= 0.6 is 27.3 Å². The van der Waals surface area contributed by atoms with Gasteiger partial charge in [-0.3, -0.25) is 0 Å². The first-order chi connectivity index (χ1) is 5.16. The zero-order valence-corrected chi connectivity index (χ0v) is 8.58. The first-order valence-corrected chi connectivity index (χ1v) is 4.66. The van der Waals surface area contributed by atoms with Gasteiger partial charge in [0.1, 0.15) is 0 Å². The van der Waals surface area contributed by atoms with Crippen molar-refractivity contribution >= 4 is 33.2 Å². The highest BCUT2D eigenvalue weighted by molar-refractivity contribution is 9.10. The molecule has 4 heteroatoms. The van der Waals surface area contributed by atoms with E-state index >= 15 is 0 Å². The van der Waals surface area contributed by atoms with Gasteiger partial charge in [0.25, 0.3) is 0 Å². The van der Waals surface area contributed by atoms with E-state index in [9.17, 15) is 4.79 Å². The topological polar surface area (TPSA) is 26.3 Å². The van der Waals surface area contributed by atoms with Crippen LogP contribution < -0.4 is 0 Å². The fraction of sp³-hybridized carbons (Fsp3) is 0.286. The number of ether oxygens (including phenoxy) is 1. The number of rotatable bonds is 1. The van der Waals surface area contributed by atoms with Gasteiger partial charge >= 0.3 is 5.97 Å². The van der Waals surface area contributed by atoms with Crippen LogP contribution in [0.2, 0.25) is 0 Å². The van der Waals surface area contributed by atoms with Crippen LogP contribution in [0.5, 0.6) is 0 Å². The Morgan fingerprint density at radius 2 is 2.36 bits per heavy atom. The Kier molecular flexibility index (Phi) is 2.67. The smallest absolute Gasteiger partial charge is 0.340 e. The van der Waals surface area contributed by atoms with Gasteiger partial charge < -0.3 is 4.74 Å². The summed E-state index contributed by atoms with van der Waals surface area (Å²) in [4.78, 5) is 12.0. The minimum absolute atomic E-state index is 0.282. The minimum Gasteiger partial charge on any atom is -0.465 e. The molecule has 0 unspecified atom stereocenters. The number of carbonyl (C=O) groups is 1. The maximum absolute atomic E-state index is 11.1. The van der Waals surface area contributed by atoms with Gasteiger partial charge in [0.05, 0.1) is 12.7 Å². The van der Waals surface area contributed by atoms with E-state index in [1.165, 1.54) is 18.4 Å². The average Bonchev–Trinajstić information content (AvgIpc) is 2.30. The number of thiophene rings is 1. The highest BCUT2D eigenvalue weighted by atomic mass is 79.9. The number of hydrogen-bond donors (Lipinski definition) is 0. The van der Waals surface area contributed by atoms with Crippen molar-refractivity contribution in [3.63, 3.8) is 0 Å². The zero-order valence-electron chi connectivity index (χ0n) is 6.18. The summed E-state index contributed by atoms with van der Waals surface area (Å²) in [6.45, 7) is 1.89. The molecule has 2 nitrogen and oxygen atoms in total. The summed E-state index contributed by atoms with van der Waals surface area (Å²) in [6, 6.07) is 0. The zero-order chi connectivity index (χ0) is 8.43. The Morgan fingerprint density at radius 1 is 1.73 bits per heavy atom. The van der Waals surface area contributed by atoms with Crippen LogP contribution in [-0.2, 0) is 4.74 Å². The molecule has 0 fully saturated rings. The minimum atomic E-state index is -0.282. The van der Waals surface area contributed by atoms with E-state index in [4.69, 9.17) is 0 Å². The molecule has 0 radical (unpaired) electrons. The van der Waals surface area contributed by atoms with Crippen LogP contribution in [0.4, 0.5) is 0 Å². The second-order valence-corrected chi connectivity index (χ2v) is 3.94. The van der Waals surface area contributed by atoms with E-state index < -0.39 is 0 Å². The van der Waals surface area contributed by atoms with Crippen LogP contribution in [0, 0.1) is 6.92 Å².